The van der Waals surface area contributed by atoms with E-state index >= 15 is 0 Å². The van der Waals surface area contributed by atoms with Gasteiger partial charge in [0.1, 0.15) is 0 Å². The third-order valence-electron chi connectivity index (χ3n) is 2.20. The van der Waals surface area contributed by atoms with Crippen molar-refractivity contribution in [3.63, 3.8) is 0 Å². The van der Waals surface area contributed by atoms with E-state index in [-0.39, 0.29) is 0 Å². The number of thiophene rings is 1. The average molecular weight is 183 g/mol. The summed E-state index contributed by atoms with van der Waals surface area (Å²) in [6.45, 7) is 6.60. The summed E-state index contributed by atoms with van der Waals surface area (Å²) in [5.41, 5.74) is 2.68. The van der Waals surface area contributed by atoms with E-state index in [0.717, 1.165) is 0 Å². The van der Waals surface area contributed by atoms with Crippen LogP contribution in [0.4, 0.5) is 5.69 Å². The van der Waals surface area contributed by atoms with Crippen LogP contribution in [0.25, 0.3) is 0 Å². The molecule has 1 nitrogen and oxygen atoms in total. The Balaban J connectivity index is 2.56. The molecule has 0 spiro atoms. The van der Waals surface area contributed by atoms with E-state index in [2.05, 4.69) is 36.8 Å². The van der Waals surface area contributed by atoms with E-state index in [1.54, 1.807) is 11.3 Å². The van der Waals surface area contributed by atoms with Gasteiger partial charge >= 0.3 is 0 Å². The number of nitrogens with one attached hydrogen (secondary N) is 1. The van der Waals surface area contributed by atoms with Gasteiger partial charge in [-0.15, -0.1) is 11.3 Å². The highest BCUT2D eigenvalue weighted by Gasteiger charge is 2.04. The number of rotatable bonds is 4. The van der Waals surface area contributed by atoms with Crippen molar-refractivity contribution in [2.45, 2.75) is 39.7 Å². The van der Waals surface area contributed by atoms with E-state index in [1.165, 1.54) is 24.1 Å². The van der Waals surface area contributed by atoms with Crippen LogP contribution in [0, 0.1) is 6.92 Å². The summed E-state index contributed by atoms with van der Waals surface area (Å²) >= 11 is 1.77. The monoisotopic (exact) mass is 183 g/mol. The first-order chi connectivity index (χ1) is 5.77. The lowest BCUT2D eigenvalue weighted by Gasteiger charge is -2.15. The Bertz CT molecular complexity index is 225. The van der Waals surface area contributed by atoms with E-state index in [4.69, 9.17) is 0 Å². The first-order valence-corrected chi connectivity index (χ1v) is 5.51. The zero-order chi connectivity index (χ0) is 8.97. The van der Waals surface area contributed by atoms with Gasteiger partial charge < -0.3 is 5.32 Å². The summed E-state index contributed by atoms with van der Waals surface area (Å²) in [5.74, 6) is 0. The summed E-state index contributed by atoms with van der Waals surface area (Å²) in [5, 5.41) is 7.91. The molecule has 1 aromatic rings. The normalized spacial score (nSPS) is 10.7. The van der Waals surface area contributed by atoms with Gasteiger partial charge in [0.05, 0.1) is 0 Å². The number of aryl methyl sites for hydroxylation is 1. The molecule has 0 bridgehead atoms. The maximum absolute atomic E-state index is 3.54. The van der Waals surface area contributed by atoms with Gasteiger partial charge in [0.15, 0.2) is 0 Å². The van der Waals surface area contributed by atoms with Crippen LogP contribution in [0.2, 0.25) is 0 Å². The molecule has 0 amide bonds. The van der Waals surface area contributed by atoms with Gasteiger partial charge in [-0.25, -0.2) is 0 Å². The number of hydrogen-bond donors (Lipinski definition) is 1. The standard InChI is InChI=1S/C10H17NS/c1-4-9(5-2)11-10-7-12-6-8(10)3/h6-7,9,11H,4-5H2,1-3H3. The topological polar surface area (TPSA) is 12.0 Å². The second-order valence-corrected chi connectivity index (χ2v) is 3.87. The molecule has 0 radical (unpaired) electrons. The third-order valence-corrected chi connectivity index (χ3v) is 3.06. The molecule has 1 heterocycles. The fourth-order valence-electron chi connectivity index (χ4n) is 1.22. The average Bonchev–Trinajstić information content (AvgIpc) is 2.47. The molecule has 2 heteroatoms. The van der Waals surface area contributed by atoms with Crippen LogP contribution in [-0.2, 0) is 0 Å². The molecule has 12 heavy (non-hydrogen) atoms. The minimum Gasteiger partial charge on any atom is -0.381 e. The van der Waals surface area contributed by atoms with E-state index in [0.29, 0.717) is 6.04 Å². The smallest absolute Gasteiger partial charge is 0.0480 e. The van der Waals surface area contributed by atoms with Crippen molar-refractivity contribution < 1.29 is 0 Å². The van der Waals surface area contributed by atoms with E-state index in [1.807, 2.05) is 0 Å². The highest BCUT2D eigenvalue weighted by molar-refractivity contribution is 7.08. The summed E-state index contributed by atoms with van der Waals surface area (Å²) in [4.78, 5) is 0. The quantitative estimate of drug-likeness (QED) is 0.751. The van der Waals surface area contributed by atoms with Gasteiger partial charge in [0, 0.05) is 17.1 Å². The highest BCUT2D eigenvalue weighted by atomic mass is 32.1. The Morgan fingerprint density at radius 1 is 1.33 bits per heavy atom. The molecule has 0 unspecified atom stereocenters. The largest absolute Gasteiger partial charge is 0.381 e. The van der Waals surface area contributed by atoms with Crippen molar-refractivity contribution in [1.29, 1.82) is 0 Å². The van der Waals surface area contributed by atoms with Crippen molar-refractivity contribution in [2.75, 3.05) is 5.32 Å². The molecular weight excluding hydrogens is 166 g/mol. The second kappa shape index (κ2) is 4.51. The van der Waals surface area contributed by atoms with Gasteiger partial charge in [-0.05, 0) is 30.7 Å². The number of hydrogen-bond acceptors (Lipinski definition) is 2. The zero-order valence-electron chi connectivity index (χ0n) is 8.05. The zero-order valence-corrected chi connectivity index (χ0v) is 8.87. The van der Waals surface area contributed by atoms with E-state index < -0.39 is 0 Å². The Morgan fingerprint density at radius 3 is 2.42 bits per heavy atom. The van der Waals surface area contributed by atoms with Gasteiger partial charge in [0.2, 0.25) is 0 Å². The van der Waals surface area contributed by atoms with Crippen LogP contribution in [0.5, 0.6) is 0 Å². The highest BCUT2D eigenvalue weighted by Crippen LogP contribution is 2.21. The molecule has 0 fully saturated rings. The van der Waals surface area contributed by atoms with Crippen LogP contribution in [0.1, 0.15) is 32.3 Å². The lowest BCUT2D eigenvalue weighted by Crippen LogP contribution is -2.16. The van der Waals surface area contributed by atoms with Gasteiger partial charge in [0.25, 0.3) is 0 Å². The van der Waals surface area contributed by atoms with Crippen molar-refractivity contribution in [1.82, 2.24) is 0 Å². The van der Waals surface area contributed by atoms with Crippen LogP contribution >= 0.6 is 11.3 Å². The Hall–Kier alpha value is -0.500. The fourth-order valence-corrected chi connectivity index (χ4v) is 2.01. The SMILES string of the molecule is CCC(CC)Nc1cscc1C. The fraction of sp³-hybridized carbons (Fsp3) is 0.600. The summed E-state index contributed by atoms with van der Waals surface area (Å²) < 4.78 is 0. The van der Waals surface area contributed by atoms with Gasteiger partial charge in [-0.1, -0.05) is 13.8 Å². The van der Waals surface area contributed by atoms with Crippen molar-refractivity contribution in [3.05, 3.63) is 16.3 Å². The maximum atomic E-state index is 3.54. The lowest BCUT2D eigenvalue weighted by molar-refractivity contribution is 0.671. The van der Waals surface area contributed by atoms with Crippen molar-refractivity contribution in [2.24, 2.45) is 0 Å². The molecule has 68 valence electrons. The summed E-state index contributed by atoms with van der Waals surface area (Å²) in [7, 11) is 0. The summed E-state index contributed by atoms with van der Waals surface area (Å²) in [6, 6.07) is 0.637. The second-order valence-electron chi connectivity index (χ2n) is 3.13. The number of anilines is 1. The first-order valence-electron chi connectivity index (χ1n) is 4.57. The molecule has 0 atom stereocenters. The van der Waals surface area contributed by atoms with Gasteiger partial charge in [-0.2, -0.15) is 0 Å². The molecule has 1 N–H and O–H groups in total. The third kappa shape index (κ3) is 2.24. The summed E-state index contributed by atoms with van der Waals surface area (Å²) in [6.07, 6.45) is 2.40. The minimum absolute atomic E-state index is 0.637. The van der Waals surface area contributed by atoms with Crippen LogP contribution in [-0.4, -0.2) is 6.04 Å². The van der Waals surface area contributed by atoms with Crippen molar-refractivity contribution in [3.8, 4) is 0 Å². The Morgan fingerprint density at radius 2 is 2.00 bits per heavy atom. The molecule has 0 aliphatic rings. The van der Waals surface area contributed by atoms with Crippen LogP contribution in [0.15, 0.2) is 10.8 Å². The van der Waals surface area contributed by atoms with Crippen molar-refractivity contribution >= 4 is 17.0 Å². The molecule has 0 aliphatic heterocycles. The molecular formula is C10H17NS. The predicted octanol–water partition coefficient (Wildman–Crippen LogP) is 3.66. The Labute approximate surface area is 78.8 Å². The molecule has 1 aromatic heterocycles. The van der Waals surface area contributed by atoms with E-state index in [9.17, 15) is 0 Å². The molecule has 1 rings (SSSR count). The van der Waals surface area contributed by atoms with Gasteiger partial charge in [-0.3, -0.25) is 0 Å². The minimum atomic E-state index is 0.637. The molecule has 0 saturated carbocycles. The maximum Gasteiger partial charge on any atom is 0.0480 e. The first kappa shape index (κ1) is 9.59. The lowest BCUT2D eigenvalue weighted by atomic mass is 10.1. The molecule has 0 aromatic carbocycles. The molecule has 0 aliphatic carbocycles. The predicted molar refractivity (Wildman–Crippen MR) is 57.0 cm³/mol. The van der Waals surface area contributed by atoms with Crippen LogP contribution in [0.3, 0.4) is 0 Å². The van der Waals surface area contributed by atoms with Crippen LogP contribution < -0.4 is 5.32 Å². The Kier molecular flexibility index (Phi) is 3.60. The molecule has 0 saturated heterocycles.